The third-order valence-corrected chi connectivity index (χ3v) is 6.17. The molecule has 2 fully saturated rings. The van der Waals surface area contributed by atoms with Crippen LogP contribution in [-0.4, -0.2) is 62.9 Å². The lowest BCUT2D eigenvalue weighted by molar-refractivity contribution is -0.134. The zero-order chi connectivity index (χ0) is 20.1. The number of carbonyl (C=O) groups is 1. The summed E-state index contributed by atoms with van der Waals surface area (Å²) in [5.74, 6) is 1.41. The number of amides is 1. The van der Waals surface area contributed by atoms with Crippen molar-refractivity contribution in [2.24, 2.45) is 0 Å². The third-order valence-electron chi connectivity index (χ3n) is 6.17. The van der Waals surface area contributed by atoms with Gasteiger partial charge in [0.15, 0.2) is 0 Å². The molecule has 4 heterocycles. The van der Waals surface area contributed by atoms with Crippen molar-refractivity contribution in [2.75, 3.05) is 31.5 Å². The smallest absolute Gasteiger partial charge is 0.236 e. The number of carbonyl (C=O) groups excluding carboxylic acids is 1. The third kappa shape index (κ3) is 5.09. The highest BCUT2D eigenvalue weighted by atomic mass is 16.2. The van der Waals surface area contributed by atoms with Crippen LogP contribution >= 0.6 is 0 Å². The van der Waals surface area contributed by atoms with Gasteiger partial charge in [0.25, 0.3) is 0 Å². The predicted octanol–water partition coefficient (Wildman–Crippen LogP) is 3.20. The van der Waals surface area contributed by atoms with Gasteiger partial charge in [0.1, 0.15) is 5.82 Å². The van der Waals surface area contributed by atoms with Crippen LogP contribution in [-0.2, 0) is 4.79 Å². The summed E-state index contributed by atoms with van der Waals surface area (Å²) < 4.78 is 0. The number of nitrogens with zero attached hydrogens (tertiary/aromatic N) is 5. The van der Waals surface area contributed by atoms with Crippen LogP contribution in [0.15, 0.2) is 36.9 Å². The van der Waals surface area contributed by atoms with Crippen molar-refractivity contribution in [2.45, 2.75) is 51.0 Å². The lowest BCUT2D eigenvalue weighted by atomic mass is 9.93. The second kappa shape index (κ2) is 9.31. The van der Waals surface area contributed by atoms with Gasteiger partial charge in [0.2, 0.25) is 5.91 Å². The molecule has 0 saturated carbocycles. The summed E-state index contributed by atoms with van der Waals surface area (Å²) in [6.45, 7) is 5.53. The van der Waals surface area contributed by atoms with Gasteiger partial charge in [0.05, 0.1) is 24.6 Å². The predicted molar refractivity (Wildman–Crippen MR) is 113 cm³/mol. The summed E-state index contributed by atoms with van der Waals surface area (Å²) in [6, 6.07) is 4.64. The first-order valence-corrected chi connectivity index (χ1v) is 10.7. The van der Waals surface area contributed by atoms with Gasteiger partial charge in [0, 0.05) is 43.1 Å². The molecular formula is C22H30N6O. The number of nitrogens with one attached hydrogen (secondary N) is 1. The molecule has 154 valence electrons. The van der Waals surface area contributed by atoms with Crippen molar-refractivity contribution in [1.29, 1.82) is 0 Å². The Morgan fingerprint density at radius 2 is 1.93 bits per heavy atom. The summed E-state index contributed by atoms with van der Waals surface area (Å²) >= 11 is 0. The van der Waals surface area contributed by atoms with Crippen molar-refractivity contribution in [3.05, 3.63) is 42.6 Å². The van der Waals surface area contributed by atoms with Gasteiger partial charge in [-0.1, -0.05) is 6.42 Å². The maximum Gasteiger partial charge on any atom is 0.236 e. The van der Waals surface area contributed by atoms with E-state index in [0.29, 0.717) is 24.3 Å². The van der Waals surface area contributed by atoms with Crippen LogP contribution in [0.1, 0.15) is 50.6 Å². The lowest BCUT2D eigenvalue weighted by Gasteiger charge is -2.36. The van der Waals surface area contributed by atoms with Crippen LogP contribution in [0.25, 0.3) is 0 Å². The highest BCUT2D eigenvalue weighted by Gasteiger charge is 2.27. The Balaban J connectivity index is 1.27. The Bertz CT molecular complexity index is 789. The molecule has 29 heavy (non-hydrogen) atoms. The van der Waals surface area contributed by atoms with Crippen LogP contribution in [0.4, 0.5) is 11.5 Å². The Morgan fingerprint density at radius 3 is 2.62 bits per heavy atom. The SMILES string of the molecule is C[C@@H]1CCCCN1CC(=O)N1CCC(c2ccc(Nc3cnccn3)cn2)CC1. The van der Waals surface area contributed by atoms with Crippen LogP contribution in [0.3, 0.4) is 0 Å². The fourth-order valence-corrected chi connectivity index (χ4v) is 4.32. The van der Waals surface area contributed by atoms with Gasteiger partial charge < -0.3 is 10.2 Å². The maximum absolute atomic E-state index is 12.7. The zero-order valence-electron chi connectivity index (χ0n) is 17.1. The van der Waals surface area contributed by atoms with Crippen LogP contribution < -0.4 is 5.32 Å². The fourth-order valence-electron chi connectivity index (χ4n) is 4.32. The van der Waals surface area contributed by atoms with E-state index in [0.717, 1.165) is 43.9 Å². The quantitative estimate of drug-likeness (QED) is 0.839. The molecule has 7 heteroatoms. The second-order valence-electron chi connectivity index (χ2n) is 8.16. The Labute approximate surface area is 172 Å². The molecule has 1 amide bonds. The van der Waals surface area contributed by atoms with E-state index in [1.54, 1.807) is 18.6 Å². The number of hydrogen-bond donors (Lipinski definition) is 1. The van der Waals surface area contributed by atoms with E-state index in [9.17, 15) is 4.79 Å². The highest BCUT2D eigenvalue weighted by molar-refractivity contribution is 5.78. The Hall–Kier alpha value is -2.54. The van der Waals surface area contributed by atoms with E-state index in [1.165, 1.54) is 19.3 Å². The van der Waals surface area contributed by atoms with Gasteiger partial charge >= 0.3 is 0 Å². The van der Waals surface area contributed by atoms with E-state index in [2.05, 4.69) is 38.2 Å². The number of rotatable bonds is 5. The van der Waals surface area contributed by atoms with Gasteiger partial charge in [-0.05, 0) is 51.3 Å². The zero-order valence-corrected chi connectivity index (χ0v) is 17.1. The average molecular weight is 395 g/mol. The number of aromatic nitrogens is 3. The molecule has 2 aliphatic heterocycles. The lowest BCUT2D eigenvalue weighted by Crippen LogP contribution is -2.47. The highest BCUT2D eigenvalue weighted by Crippen LogP contribution is 2.28. The molecule has 0 radical (unpaired) electrons. The largest absolute Gasteiger partial charge is 0.342 e. The Morgan fingerprint density at radius 1 is 1.07 bits per heavy atom. The average Bonchev–Trinajstić information content (AvgIpc) is 2.77. The van der Waals surface area contributed by atoms with Crippen molar-refractivity contribution in [1.82, 2.24) is 24.8 Å². The first-order chi connectivity index (χ1) is 14.2. The van der Waals surface area contributed by atoms with Crippen LogP contribution in [0.5, 0.6) is 0 Å². The molecule has 0 bridgehead atoms. The summed E-state index contributed by atoms with van der Waals surface area (Å²) in [5, 5.41) is 3.20. The number of anilines is 2. The minimum absolute atomic E-state index is 0.286. The van der Waals surface area contributed by atoms with E-state index >= 15 is 0 Å². The van der Waals surface area contributed by atoms with Gasteiger partial charge in [-0.15, -0.1) is 0 Å². The minimum Gasteiger partial charge on any atom is -0.342 e. The molecule has 2 aromatic rings. The van der Waals surface area contributed by atoms with E-state index in [1.807, 2.05) is 17.2 Å². The number of pyridine rings is 1. The second-order valence-corrected chi connectivity index (χ2v) is 8.16. The normalized spacial score (nSPS) is 21.1. The number of hydrogen-bond acceptors (Lipinski definition) is 6. The van der Waals surface area contributed by atoms with Gasteiger partial charge in [-0.25, -0.2) is 4.98 Å². The number of likely N-dealkylation sites (tertiary alicyclic amines) is 2. The molecule has 0 aromatic carbocycles. The molecule has 0 unspecified atom stereocenters. The molecule has 0 aliphatic carbocycles. The van der Waals surface area contributed by atoms with Crippen LogP contribution in [0.2, 0.25) is 0 Å². The minimum atomic E-state index is 0.286. The van der Waals surface area contributed by atoms with Crippen LogP contribution in [0, 0.1) is 0 Å². The summed E-state index contributed by atoms with van der Waals surface area (Å²) in [6.07, 6.45) is 12.5. The summed E-state index contributed by atoms with van der Waals surface area (Å²) in [5.41, 5.74) is 2.00. The van der Waals surface area contributed by atoms with Crippen molar-refractivity contribution >= 4 is 17.4 Å². The summed E-state index contributed by atoms with van der Waals surface area (Å²) in [4.78, 5) is 30.0. The van der Waals surface area contributed by atoms with E-state index < -0.39 is 0 Å². The number of piperidine rings is 2. The van der Waals surface area contributed by atoms with E-state index in [4.69, 9.17) is 0 Å². The van der Waals surface area contributed by atoms with Crippen molar-refractivity contribution in [3.8, 4) is 0 Å². The molecule has 0 spiro atoms. The molecule has 1 N–H and O–H groups in total. The standard InChI is InChI=1S/C22H30N6O/c1-17-4-2-3-11-28(17)16-22(29)27-12-7-18(8-13-27)20-6-5-19(14-25-20)26-21-15-23-9-10-24-21/h5-6,9-10,14-15,17-18H,2-4,7-8,11-13,16H2,1H3,(H,24,26)/t17-/m1/s1. The van der Waals surface area contributed by atoms with E-state index in [-0.39, 0.29) is 5.91 Å². The van der Waals surface area contributed by atoms with Crippen molar-refractivity contribution in [3.63, 3.8) is 0 Å². The molecule has 2 aliphatic rings. The van der Waals surface area contributed by atoms with Gasteiger partial charge in [-0.3, -0.25) is 19.7 Å². The first kappa shape index (κ1) is 19.8. The monoisotopic (exact) mass is 394 g/mol. The fraction of sp³-hybridized carbons (Fsp3) is 0.545. The molecule has 2 saturated heterocycles. The summed E-state index contributed by atoms with van der Waals surface area (Å²) in [7, 11) is 0. The molecule has 7 nitrogen and oxygen atoms in total. The molecule has 4 rings (SSSR count). The van der Waals surface area contributed by atoms with Crippen molar-refractivity contribution < 1.29 is 4.79 Å². The maximum atomic E-state index is 12.7. The molecular weight excluding hydrogens is 364 g/mol. The Kier molecular flexibility index (Phi) is 6.34. The molecule has 2 aromatic heterocycles. The topological polar surface area (TPSA) is 74.2 Å². The molecule has 1 atom stereocenters. The van der Waals surface area contributed by atoms with Gasteiger partial charge in [-0.2, -0.15) is 0 Å². The first-order valence-electron chi connectivity index (χ1n) is 10.7.